The molecule has 0 saturated heterocycles. The molecule has 2 N–H and O–H groups in total. The second kappa shape index (κ2) is 7.24. The van der Waals surface area contributed by atoms with Crippen LogP contribution >= 0.6 is 0 Å². The number of rotatable bonds is 8. The maximum atomic E-state index is 3.57. The van der Waals surface area contributed by atoms with Crippen molar-refractivity contribution in [2.45, 2.75) is 53.5 Å². The van der Waals surface area contributed by atoms with E-state index in [-0.39, 0.29) is 0 Å². The minimum absolute atomic E-state index is 0.430. The molecule has 0 spiro atoms. The topological polar surface area (TPSA) is 24.1 Å². The van der Waals surface area contributed by atoms with Crippen molar-refractivity contribution in [1.29, 1.82) is 0 Å². The zero-order valence-corrected chi connectivity index (χ0v) is 10.6. The Balaban J connectivity index is 3.48. The van der Waals surface area contributed by atoms with E-state index in [1.54, 1.807) is 0 Å². The largest absolute Gasteiger partial charge is 0.315 e. The third-order valence-electron chi connectivity index (χ3n) is 2.76. The molecule has 0 fully saturated rings. The van der Waals surface area contributed by atoms with Gasteiger partial charge in [0.25, 0.3) is 0 Å². The molecule has 0 heterocycles. The summed E-state index contributed by atoms with van der Waals surface area (Å²) in [4.78, 5) is 0. The Morgan fingerprint density at radius 2 is 1.86 bits per heavy atom. The predicted molar refractivity (Wildman–Crippen MR) is 64.7 cm³/mol. The third-order valence-corrected chi connectivity index (χ3v) is 2.76. The summed E-state index contributed by atoms with van der Waals surface area (Å²) in [5, 5.41) is 7.00. The zero-order valence-electron chi connectivity index (χ0n) is 10.6. The first-order valence-electron chi connectivity index (χ1n) is 5.96. The molecule has 0 radical (unpaired) electrons. The summed E-state index contributed by atoms with van der Waals surface area (Å²) in [5.74, 6) is 0. The Kier molecular flexibility index (Phi) is 7.20. The van der Waals surface area contributed by atoms with Crippen LogP contribution in [0.4, 0.5) is 0 Å². The molecule has 86 valence electrons. The van der Waals surface area contributed by atoms with E-state index in [0.717, 1.165) is 19.6 Å². The van der Waals surface area contributed by atoms with Gasteiger partial charge in [0, 0.05) is 19.1 Å². The van der Waals surface area contributed by atoms with Gasteiger partial charge in [-0.15, -0.1) is 0 Å². The second-order valence-corrected chi connectivity index (χ2v) is 5.00. The van der Waals surface area contributed by atoms with Crippen LogP contribution in [0.5, 0.6) is 0 Å². The van der Waals surface area contributed by atoms with Crippen LogP contribution in [0.1, 0.15) is 47.5 Å². The molecule has 0 bridgehead atoms. The van der Waals surface area contributed by atoms with Crippen LogP contribution in [0, 0.1) is 5.41 Å². The first-order valence-corrected chi connectivity index (χ1v) is 5.96. The van der Waals surface area contributed by atoms with Crippen LogP contribution in [-0.4, -0.2) is 25.7 Å². The van der Waals surface area contributed by atoms with Gasteiger partial charge in [-0.25, -0.2) is 0 Å². The van der Waals surface area contributed by atoms with Crippen molar-refractivity contribution in [3.8, 4) is 0 Å². The van der Waals surface area contributed by atoms with E-state index in [1.165, 1.54) is 12.8 Å². The lowest BCUT2D eigenvalue weighted by Gasteiger charge is -2.25. The molecular weight excluding hydrogens is 172 g/mol. The molecule has 1 atom stereocenters. The lowest BCUT2D eigenvalue weighted by atomic mass is 9.90. The Morgan fingerprint density at radius 1 is 1.21 bits per heavy atom. The number of hydrogen-bond donors (Lipinski definition) is 2. The Labute approximate surface area is 89.9 Å². The summed E-state index contributed by atoms with van der Waals surface area (Å²) in [6.45, 7) is 14.6. The Bertz CT molecular complexity index is 132. The number of nitrogens with one attached hydrogen (secondary N) is 2. The summed E-state index contributed by atoms with van der Waals surface area (Å²) in [7, 11) is 0. The molecule has 0 aromatic heterocycles. The molecule has 0 rings (SSSR count). The van der Waals surface area contributed by atoms with E-state index in [1.807, 2.05) is 0 Å². The van der Waals surface area contributed by atoms with Crippen LogP contribution in [0.3, 0.4) is 0 Å². The monoisotopic (exact) mass is 200 g/mol. The second-order valence-electron chi connectivity index (χ2n) is 5.00. The van der Waals surface area contributed by atoms with Gasteiger partial charge in [0.05, 0.1) is 0 Å². The van der Waals surface area contributed by atoms with Gasteiger partial charge < -0.3 is 10.6 Å². The summed E-state index contributed by atoms with van der Waals surface area (Å²) in [6, 6.07) is 0.576. The van der Waals surface area contributed by atoms with Crippen molar-refractivity contribution in [1.82, 2.24) is 10.6 Å². The highest BCUT2D eigenvalue weighted by molar-refractivity contribution is 4.73. The predicted octanol–water partition coefficient (Wildman–Crippen LogP) is 2.40. The van der Waals surface area contributed by atoms with Crippen LogP contribution in [-0.2, 0) is 0 Å². The van der Waals surface area contributed by atoms with Gasteiger partial charge in [0.2, 0.25) is 0 Å². The van der Waals surface area contributed by atoms with E-state index in [0.29, 0.717) is 11.5 Å². The van der Waals surface area contributed by atoms with E-state index in [4.69, 9.17) is 0 Å². The molecule has 14 heavy (non-hydrogen) atoms. The van der Waals surface area contributed by atoms with Gasteiger partial charge in [-0.3, -0.25) is 0 Å². The van der Waals surface area contributed by atoms with E-state index in [2.05, 4.69) is 45.3 Å². The summed E-state index contributed by atoms with van der Waals surface area (Å²) < 4.78 is 0. The highest BCUT2D eigenvalue weighted by Crippen LogP contribution is 2.17. The lowest BCUT2D eigenvalue weighted by Crippen LogP contribution is -2.41. The molecule has 0 amide bonds. The van der Waals surface area contributed by atoms with Gasteiger partial charge in [0.1, 0.15) is 0 Å². The van der Waals surface area contributed by atoms with E-state index >= 15 is 0 Å². The fourth-order valence-electron chi connectivity index (χ4n) is 1.14. The van der Waals surface area contributed by atoms with Crippen molar-refractivity contribution in [3.63, 3.8) is 0 Å². The molecule has 0 saturated carbocycles. The minimum Gasteiger partial charge on any atom is -0.315 e. The van der Waals surface area contributed by atoms with Crippen molar-refractivity contribution in [3.05, 3.63) is 0 Å². The van der Waals surface area contributed by atoms with Crippen LogP contribution in [0.25, 0.3) is 0 Å². The average Bonchev–Trinajstić information content (AvgIpc) is 2.16. The summed E-state index contributed by atoms with van der Waals surface area (Å²) >= 11 is 0. The van der Waals surface area contributed by atoms with Gasteiger partial charge >= 0.3 is 0 Å². The molecule has 2 heteroatoms. The highest BCUT2D eigenvalue weighted by Gasteiger charge is 2.15. The molecule has 2 nitrogen and oxygen atoms in total. The fraction of sp³-hybridized carbons (Fsp3) is 1.00. The molecule has 0 aliphatic carbocycles. The lowest BCUT2D eigenvalue weighted by molar-refractivity contribution is 0.309. The molecule has 1 unspecified atom stereocenters. The third kappa shape index (κ3) is 7.34. The Morgan fingerprint density at radius 3 is 2.36 bits per heavy atom. The molecule has 0 aromatic rings. The van der Waals surface area contributed by atoms with Gasteiger partial charge in [-0.05, 0) is 31.7 Å². The molecule has 0 aliphatic rings. The highest BCUT2D eigenvalue weighted by atomic mass is 15.0. The van der Waals surface area contributed by atoms with E-state index in [9.17, 15) is 0 Å². The van der Waals surface area contributed by atoms with Crippen LogP contribution < -0.4 is 10.6 Å². The summed E-state index contributed by atoms with van der Waals surface area (Å²) in [6.07, 6.45) is 2.45. The van der Waals surface area contributed by atoms with Gasteiger partial charge in [-0.1, -0.05) is 27.7 Å². The van der Waals surface area contributed by atoms with Gasteiger partial charge in [0.15, 0.2) is 0 Å². The van der Waals surface area contributed by atoms with Crippen molar-refractivity contribution in [2.24, 2.45) is 5.41 Å². The van der Waals surface area contributed by atoms with E-state index < -0.39 is 0 Å². The normalized spacial score (nSPS) is 14.4. The van der Waals surface area contributed by atoms with Gasteiger partial charge in [-0.2, -0.15) is 0 Å². The van der Waals surface area contributed by atoms with Crippen molar-refractivity contribution < 1.29 is 0 Å². The first-order chi connectivity index (χ1) is 6.52. The smallest absolute Gasteiger partial charge is 0.0164 e. The summed E-state index contributed by atoms with van der Waals surface area (Å²) in [5.41, 5.74) is 0.430. The maximum absolute atomic E-state index is 3.57. The number of hydrogen-bond acceptors (Lipinski definition) is 2. The fourth-order valence-corrected chi connectivity index (χ4v) is 1.14. The van der Waals surface area contributed by atoms with Crippen molar-refractivity contribution in [2.75, 3.05) is 19.6 Å². The molecule has 0 aromatic carbocycles. The average molecular weight is 200 g/mol. The quantitative estimate of drug-likeness (QED) is 0.588. The van der Waals surface area contributed by atoms with Crippen LogP contribution in [0.15, 0.2) is 0 Å². The maximum Gasteiger partial charge on any atom is 0.0164 e. The standard InChI is InChI=1S/C12H28N2/c1-6-8-13-9-11(3)14-10-12(4,5)7-2/h11,13-14H,6-10H2,1-5H3. The van der Waals surface area contributed by atoms with Crippen molar-refractivity contribution >= 4 is 0 Å². The SMILES string of the molecule is CCCNCC(C)NCC(C)(C)CC. The first kappa shape index (κ1) is 13.9. The molecular formula is C12H28N2. The zero-order chi connectivity index (χ0) is 11.0. The molecule has 0 aliphatic heterocycles. The van der Waals surface area contributed by atoms with Crippen LogP contribution in [0.2, 0.25) is 0 Å². The minimum atomic E-state index is 0.430. The Hall–Kier alpha value is -0.0800.